The third kappa shape index (κ3) is 6.26. The van der Waals surface area contributed by atoms with E-state index in [0.29, 0.717) is 26.1 Å². The molecule has 5 heteroatoms. The first-order chi connectivity index (χ1) is 7.92. The zero-order chi connectivity index (χ0) is 13.4. The highest BCUT2D eigenvalue weighted by atomic mass is 16.4. The Morgan fingerprint density at radius 1 is 1.24 bits per heavy atom. The van der Waals surface area contributed by atoms with Gasteiger partial charge in [0.15, 0.2) is 0 Å². The van der Waals surface area contributed by atoms with Gasteiger partial charge in [-0.1, -0.05) is 0 Å². The molecule has 0 saturated carbocycles. The fourth-order valence-corrected chi connectivity index (χ4v) is 1.60. The van der Waals surface area contributed by atoms with Crippen LogP contribution in [0.2, 0.25) is 0 Å². The Hall–Kier alpha value is -1.10. The summed E-state index contributed by atoms with van der Waals surface area (Å²) in [6, 6.07) is 0.102. The van der Waals surface area contributed by atoms with Gasteiger partial charge in [-0.3, -0.25) is 14.5 Å². The van der Waals surface area contributed by atoms with Gasteiger partial charge in [-0.05, 0) is 34.2 Å². The molecule has 17 heavy (non-hydrogen) atoms. The molecule has 0 aromatic carbocycles. The van der Waals surface area contributed by atoms with E-state index in [9.17, 15) is 9.59 Å². The average Bonchev–Trinajstić information content (AvgIpc) is 2.27. The van der Waals surface area contributed by atoms with E-state index in [1.54, 1.807) is 4.90 Å². The molecule has 5 nitrogen and oxygen atoms in total. The lowest BCUT2D eigenvalue weighted by molar-refractivity contribution is -0.137. The van der Waals surface area contributed by atoms with Crippen molar-refractivity contribution in [1.82, 2.24) is 9.80 Å². The van der Waals surface area contributed by atoms with E-state index >= 15 is 0 Å². The van der Waals surface area contributed by atoms with Crippen LogP contribution in [-0.4, -0.2) is 59.5 Å². The van der Waals surface area contributed by atoms with Crippen molar-refractivity contribution in [2.75, 3.05) is 26.7 Å². The molecule has 0 heterocycles. The Kier molecular flexibility index (Phi) is 7.54. The molecule has 0 radical (unpaired) electrons. The van der Waals surface area contributed by atoms with E-state index in [0.717, 1.165) is 0 Å². The molecule has 1 unspecified atom stereocenters. The van der Waals surface area contributed by atoms with Crippen molar-refractivity contribution in [3.8, 4) is 0 Å². The molecule has 0 aromatic heterocycles. The van der Waals surface area contributed by atoms with Crippen LogP contribution in [0.5, 0.6) is 0 Å². The molecule has 0 aliphatic heterocycles. The smallest absolute Gasteiger partial charge is 0.303 e. The molecule has 1 amide bonds. The summed E-state index contributed by atoms with van der Waals surface area (Å²) in [6.07, 6.45) is 0.711. The summed E-state index contributed by atoms with van der Waals surface area (Å²) in [5.74, 6) is -0.694. The standard InChI is InChI=1S/C12H24N2O3/c1-5-14(6-2)11(15)9-13(4)10(3)7-8-12(16)17/h10H,5-9H2,1-4H3,(H,16,17). The van der Waals surface area contributed by atoms with Gasteiger partial charge in [-0.15, -0.1) is 0 Å². The highest BCUT2D eigenvalue weighted by molar-refractivity contribution is 5.78. The highest BCUT2D eigenvalue weighted by Gasteiger charge is 2.16. The minimum absolute atomic E-state index is 0.0969. The van der Waals surface area contributed by atoms with Crippen molar-refractivity contribution in [1.29, 1.82) is 0 Å². The Balaban J connectivity index is 4.10. The van der Waals surface area contributed by atoms with Gasteiger partial charge >= 0.3 is 5.97 Å². The maximum atomic E-state index is 11.8. The normalized spacial score (nSPS) is 12.5. The second-order valence-electron chi connectivity index (χ2n) is 4.26. The zero-order valence-corrected chi connectivity index (χ0v) is 11.3. The van der Waals surface area contributed by atoms with E-state index < -0.39 is 5.97 Å². The Bertz CT molecular complexity index is 252. The van der Waals surface area contributed by atoms with Crippen LogP contribution in [0.3, 0.4) is 0 Å². The number of nitrogens with zero attached hydrogens (tertiary/aromatic N) is 2. The van der Waals surface area contributed by atoms with Crippen molar-refractivity contribution < 1.29 is 14.7 Å². The van der Waals surface area contributed by atoms with E-state index in [4.69, 9.17) is 5.11 Å². The summed E-state index contributed by atoms with van der Waals surface area (Å²) in [5.41, 5.74) is 0. The predicted octanol–water partition coefficient (Wildman–Crippen LogP) is 1.04. The van der Waals surface area contributed by atoms with Crippen molar-refractivity contribution in [2.45, 2.75) is 39.7 Å². The molecule has 0 aliphatic carbocycles. The second-order valence-corrected chi connectivity index (χ2v) is 4.26. The number of carboxylic acid groups (broad SMARTS) is 1. The molecule has 0 aliphatic rings. The molecule has 1 atom stereocenters. The number of hydrogen-bond acceptors (Lipinski definition) is 3. The summed E-state index contributed by atoms with van der Waals surface area (Å²) >= 11 is 0. The second kappa shape index (κ2) is 8.06. The lowest BCUT2D eigenvalue weighted by Crippen LogP contribution is -2.41. The quantitative estimate of drug-likeness (QED) is 0.693. The van der Waals surface area contributed by atoms with Gasteiger partial charge in [0.1, 0.15) is 0 Å². The topological polar surface area (TPSA) is 60.9 Å². The van der Waals surface area contributed by atoms with Crippen LogP contribution in [0.4, 0.5) is 0 Å². The fourth-order valence-electron chi connectivity index (χ4n) is 1.60. The van der Waals surface area contributed by atoms with Gasteiger partial charge in [-0.25, -0.2) is 0 Å². The number of likely N-dealkylation sites (N-methyl/N-ethyl adjacent to an activating group) is 2. The summed E-state index contributed by atoms with van der Waals surface area (Å²) < 4.78 is 0. The molecule has 0 aromatic rings. The molecule has 0 fully saturated rings. The molecule has 0 bridgehead atoms. The maximum absolute atomic E-state index is 11.8. The minimum atomic E-state index is -0.791. The van der Waals surface area contributed by atoms with E-state index in [-0.39, 0.29) is 18.4 Å². The predicted molar refractivity (Wildman–Crippen MR) is 66.9 cm³/mol. The number of carbonyl (C=O) groups is 2. The van der Waals surface area contributed by atoms with Crippen LogP contribution in [-0.2, 0) is 9.59 Å². The van der Waals surface area contributed by atoms with Crippen molar-refractivity contribution in [3.05, 3.63) is 0 Å². The summed E-state index contributed by atoms with van der Waals surface area (Å²) in [6.45, 7) is 7.63. The molecule has 100 valence electrons. The van der Waals surface area contributed by atoms with Gasteiger partial charge in [0, 0.05) is 25.6 Å². The van der Waals surface area contributed by atoms with Crippen LogP contribution in [0.15, 0.2) is 0 Å². The average molecular weight is 244 g/mol. The lowest BCUT2D eigenvalue weighted by atomic mass is 10.1. The van der Waals surface area contributed by atoms with Crippen LogP contribution in [0.25, 0.3) is 0 Å². The van der Waals surface area contributed by atoms with Crippen molar-refractivity contribution in [3.63, 3.8) is 0 Å². The zero-order valence-electron chi connectivity index (χ0n) is 11.3. The molecular weight excluding hydrogens is 220 g/mol. The molecule has 1 N–H and O–H groups in total. The van der Waals surface area contributed by atoms with Crippen LogP contribution >= 0.6 is 0 Å². The van der Waals surface area contributed by atoms with Gasteiger partial charge in [0.2, 0.25) is 5.91 Å². The highest BCUT2D eigenvalue weighted by Crippen LogP contribution is 2.05. The van der Waals surface area contributed by atoms with Gasteiger partial charge in [0.25, 0.3) is 0 Å². The summed E-state index contributed by atoms with van der Waals surface area (Å²) in [7, 11) is 1.86. The number of hydrogen-bond donors (Lipinski definition) is 1. The first-order valence-electron chi connectivity index (χ1n) is 6.12. The fraction of sp³-hybridized carbons (Fsp3) is 0.833. The third-order valence-corrected chi connectivity index (χ3v) is 3.03. The van der Waals surface area contributed by atoms with Gasteiger partial charge < -0.3 is 10.0 Å². The van der Waals surface area contributed by atoms with Crippen LogP contribution in [0, 0.1) is 0 Å². The first kappa shape index (κ1) is 15.9. The molecule has 0 rings (SSSR count). The monoisotopic (exact) mass is 244 g/mol. The Labute approximate surface area is 103 Å². The van der Waals surface area contributed by atoms with E-state index in [1.165, 1.54) is 0 Å². The number of carbonyl (C=O) groups excluding carboxylic acids is 1. The SMILES string of the molecule is CCN(CC)C(=O)CN(C)C(C)CCC(=O)O. The number of carboxylic acids is 1. The molecular formula is C12H24N2O3. The van der Waals surface area contributed by atoms with Crippen LogP contribution < -0.4 is 0 Å². The Morgan fingerprint density at radius 3 is 2.18 bits per heavy atom. The molecule has 0 spiro atoms. The minimum Gasteiger partial charge on any atom is -0.481 e. The van der Waals surface area contributed by atoms with Crippen molar-refractivity contribution in [2.24, 2.45) is 0 Å². The largest absolute Gasteiger partial charge is 0.481 e. The van der Waals surface area contributed by atoms with E-state index in [1.807, 2.05) is 32.7 Å². The third-order valence-electron chi connectivity index (χ3n) is 3.03. The molecule has 0 saturated heterocycles. The number of rotatable bonds is 8. The lowest BCUT2D eigenvalue weighted by Gasteiger charge is -2.27. The van der Waals surface area contributed by atoms with Gasteiger partial charge in [-0.2, -0.15) is 0 Å². The maximum Gasteiger partial charge on any atom is 0.303 e. The summed E-state index contributed by atoms with van der Waals surface area (Å²) in [5, 5.41) is 8.60. The van der Waals surface area contributed by atoms with Crippen molar-refractivity contribution >= 4 is 11.9 Å². The van der Waals surface area contributed by atoms with Crippen LogP contribution in [0.1, 0.15) is 33.6 Å². The first-order valence-corrected chi connectivity index (χ1v) is 6.12. The number of aliphatic carboxylic acids is 1. The Morgan fingerprint density at radius 2 is 1.76 bits per heavy atom. The van der Waals surface area contributed by atoms with Gasteiger partial charge in [0.05, 0.1) is 6.54 Å². The summed E-state index contributed by atoms with van der Waals surface area (Å²) in [4.78, 5) is 26.0. The van der Waals surface area contributed by atoms with E-state index in [2.05, 4.69) is 0 Å². The number of amides is 1.